The molecule has 3 N–H and O–H groups in total. The third kappa shape index (κ3) is 6.50. The van der Waals surface area contributed by atoms with Crippen molar-refractivity contribution in [3.8, 4) is 11.1 Å². The Morgan fingerprint density at radius 1 is 1.03 bits per heavy atom. The first-order valence-electron chi connectivity index (χ1n) is 11.7. The molecule has 0 bridgehead atoms. The van der Waals surface area contributed by atoms with Gasteiger partial charge in [0.2, 0.25) is 0 Å². The molecule has 3 aromatic rings. The Kier molecular flexibility index (Phi) is 7.32. The van der Waals surface area contributed by atoms with Crippen LogP contribution in [0.25, 0.3) is 22.0 Å². The molecule has 0 aliphatic heterocycles. The van der Waals surface area contributed by atoms with E-state index in [2.05, 4.69) is 63.1 Å². The van der Waals surface area contributed by atoms with E-state index >= 15 is 0 Å². The number of anilines is 1. The molecular formula is C26H32N4O2. The Morgan fingerprint density at radius 3 is 2.50 bits per heavy atom. The maximum atomic E-state index is 9.76. The zero-order valence-corrected chi connectivity index (χ0v) is 18.7. The van der Waals surface area contributed by atoms with Crippen LogP contribution >= 0.6 is 0 Å². The molecule has 2 aliphatic carbocycles. The topological polar surface area (TPSA) is 87.1 Å². The van der Waals surface area contributed by atoms with Gasteiger partial charge in [0.15, 0.2) is 0 Å². The number of hydrogen-bond donors (Lipinski definition) is 3. The number of carbonyl (C=O) groups is 1. The first-order valence-corrected chi connectivity index (χ1v) is 11.7. The molecule has 2 aromatic carbocycles. The smallest absolute Gasteiger partial charge is 0.303 e. The second-order valence-electron chi connectivity index (χ2n) is 8.73. The van der Waals surface area contributed by atoms with Crippen molar-refractivity contribution >= 4 is 22.7 Å². The maximum absolute atomic E-state index is 9.76. The van der Waals surface area contributed by atoms with Gasteiger partial charge >= 0.3 is 5.97 Å². The number of hydrogen-bond acceptors (Lipinski definition) is 5. The summed E-state index contributed by atoms with van der Waals surface area (Å²) in [6.45, 7) is 2.92. The predicted octanol–water partition coefficient (Wildman–Crippen LogP) is 5.38. The number of unbranched alkanes of at least 4 members (excludes halogenated alkanes) is 1. The van der Waals surface area contributed by atoms with Gasteiger partial charge in [0.05, 0.1) is 5.52 Å². The minimum absolute atomic E-state index is 0.316. The Balaban J connectivity index is 0.000000307. The van der Waals surface area contributed by atoms with E-state index < -0.39 is 5.97 Å². The van der Waals surface area contributed by atoms with Gasteiger partial charge in [-0.05, 0) is 67.0 Å². The Bertz CT molecular complexity index is 1060. The number of benzene rings is 2. The summed E-state index contributed by atoms with van der Waals surface area (Å²) in [6.07, 6.45) is 8.85. The van der Waals surface area contributed by atoms with Gasteiger partial charge in [-0.1, -0.05) is 37.6 Å². The summed E-state index contributed by atoms with van der Waals surface area (Å²) in [6, 6.07) is 16.6. The monoisotopic (exact) mass is 432 g/mol. The zero-order valence-electron chi connectivity index (χ0n) is 18.7. The summed E-state index contributed by atoms with van der Waals surface area (Å²) >= 11 is 0. The number of fused-ring (bicyclic) bond motifs is 1. The fraction of sp³-hybridized carbons (Fsp3) is 0.423. The van der Waals surface area contributed by atoms with E-state index in [1.165, 1.54) is 42.4 Å². The van der Waals surface area contributed by atoms with Gasteiger partial charge < -0.3 is 15.7 Å². The number of nitrogens with zero attached hydrogens (tertiary/aromatic N) is 2. The first kappa shape index (κ1) is 22.2. The zero-order chi connectivity index (χ0) is 22.3. The number of aliphatic carboxylic acids is 1. The van der Waals surface area contributed by atoms with Gasteiger partial charge in [-0.2, -0.15) is 0 Å². The SMILES string of the molecule is CCCCC(=O)O.c1cc(CNC2CC2)cc(-c2ccc3ncnc(NC4CC4)c3c2)c1. The van der Waals surface area contributed by atoms with Gasteiger partial charge in [-0.25, -0.2) is 9.97 Å². The Hall–Kier alpha value is -2.99. The highest BCUT2D eigenvalue weighted by Crippen LogP contribution is 2.31. The summed E-state index contributed by atoms with van der Waals surface area (Å²) in [5, 5.41) is 16.3. The lowest BCUT2D eigenvalue weighted by Gasteiger charge is -2.10. The van der Waals surface area contributed by atoms with Crippen LogP contribution in [-0.2, 0) is 11.3 Å². The van der Waals surface area contributed by atoms with Gasteiger partial charge in [0, 0.05) is 30.4 Å². The fourth-order valence-corrected chi connectivity index (χ4v) is 3.51. The average Bonchev–Trinajstić information content (AvgIpc) is 3.73. The van der Waals surface area contributed by atoms with Crippen LogP contribution in [0, 0.1) is 0 Å². The molecule has 5 rings (SSSR count). The van der Waals surface area contributed by atoms with Crippen molar-refractivity contribution in [2.75, 3.05) is 5.32 Å². The molecule has 6 heteroatoms. The number of rotatable bonds is 9. The molecule has 2 saturated carbocycles. The second-order valence-corrected chi connectivity index (χ2v) is 8.73. The van der Waals surface area contributed by atoms with E-state index in [0.717, 1.165) is 42.1 Å². The van der Waals surface area contributed by atoms with Crippen molar-refractivity contribution in [3.63, 3.8) is 0 Å². The van der Waals surface area contributed by atoms with E-state index in [1.807, 2.05) is 6.92 Å². The number of nitrogens with one attached hydrogen (secondary N) is 2. The standard InChI is InChI=1S/C21H22N4.C5H10O2/c1-2-14(12-22-17-5-6-17)10-15(3-1)16-4-9-20-19(11-16)21(24-13-23-20)25-18-7-8-18;1-2-3-4-5(6)7/h1-4,9-11,13,17-18,22H,5-8,12H2,(H,23,24,25);2-4H2,1H3,(H,6,7). The summed E-state index contributed by atoms with van der Waals surface area (Å²) < 4.78 is 0. The molecule has 0 saturated heterocycles. The van der Waals surface area contributed by atoms with Crippen LogP contribution in [0.15, 0.2) is 48.8 Å². The molecule has 0 radical (unpaired) electrons. The number of carboxylic acids is 1. The van der Waals surface area contributed by atoms with Crippen LogP contribution in [0.1, 0.15) is 57.4 Å². The van der Waals surface area contributed by atoms with Gasteiger partial charge in [0.25, 0.3) is 0 Å². The van der Waals surface area contributed by atoms with E-state index in [0.29, 0.717) is 12.5 Å². The molecule has 6 nitrogen and oxygen atoms in total. The normalized spacial score (nSPS) is 15.2. The van der Waals surface area contributed by atoms with Crippen LogP contribution < -0.4 is 10.6 Å². The highest BCUT2D eigenvalue weighted by atomic mass is 16.4. The third-order valence-electron chi connectivity index (χ3n) is 5.73. The molecule has 168 valence electrons. The third-order valence-corrected chi connectivity index (χ3v) is 5.73. The summed E-state index contributed by atoms with van der Waals surface area (Å²) in [5.41, 5.74) is 4.80. The lowest BCUT2D eigenvalue weighted by Crippen LogP contribution is -2.15. The van der Waals surface area contributed by atoms with Crippen LogP contribution in [0.3, 0.4) is 0 Å². The van der Waals surface area contributed by atoms with Crippen molar-refractivity contribution in [3.05, 3.63) is 54.4 Å². The van der Waals surface area contributed by atoms with Crippen molar-refractivity contribution in [2.24, 2.45) is 0 Å². The molecule has 1 heterocycles. The molecule has 0 atom stereocenters. The van der Waals surface area contributed by atoms with Crippen molar-refractivity contribution in [2.45, 2.75) is 70.5 Å². The lowest BCUT2D eigenvalue weighted by molar-refractivity contribution is -0.137. The molecule has 2 aliphatic rings. The van der Waals surface area contributed by atoms with E-state index in [1.54, 1.807) is 6.33 Å². The van der Waals surface area contributed by atoms with E-state index in [4.69, 9.17) is 5.11 Å². The van der Waals surface area contributed by atoms with E-state index in [-0.39, 0.29) is 0 Å². The van der Waals surface area contributed by atoms with Crippen LogP contribution in [0.4, 0.5) is 5.82 Å². The van der Waals surface area contributed by atoms with Crippen molar-refractivity contribution in [1.29, 1.82) is 0 Å². The molecule has 32 heavy (non-hydrogen) atoms. The molecule has 2 fully saturated rings. The second kappa shape index (κ2) is 10.6. The largest absolute Gasteiger partial charge is 0.481 e. The lowest BCUT2D eigenvalue weighted by atomic mass is 10.0. The maximum Gasteiger partial charge on any atom is 0.303 e. The molecule has 0 spiro atoms. The number of aromatic nitrogens is 2. The molecular weight excluding hydrogens is 400 g/mol. The van der Waals surface area contributed by atoms with Crippen LogP contribution in [0.5, 0.6) is 0 Å². The van der Waals surface area contributed by atoms with Crippen LogP contribution in [0.2, 0.25) is 0 Å². The first-order chi connectivity index (χ1) is 15.6. The van der Waals surface area contributed by atoms with Crippen molar-refractivity contribution < 1.29 is 9.90 Å². The average molecular weight is 433 g/mol. The molecule has 0 unspecified atom stereocenters. The fourth-order valence-electron chi connectivity index (χ4n) is 3.51. The molecule has 1 aromatic heterocycles. The highest BCUT2D eigenvalue weighted by Gasteiger charge is 2.22. The predicted molar refractivity (Wildman–Crippen MR) is 129 cm³/mol. The summed E-state index contributed by atoms with van der Waals surface area (Å²) in [4.78, 5) is 18.6. The van der Waals surface area contributed by atoms with E-state index in [9.17, 15) is 4.79 Å². The Labute approximate surface area is 189 Å². The number of carboxylic acid groups (broad SMARTS) is 1. The summed E-state index contributed by atoms with van der Waals surface area (Å²) in [5.74, 6) is 0.266. The highest BCUT2D eigenvalue weighted by molar-refractivity contribution is 5.92. The van der Waals surface area contributed by atoms with Crippen LogP contribution in [-0.4, -0.2) is 33.1 Å². The van der Waals surface area contributed by atoms with Crippen molar-refractivity contribution in [1.82, 2.24) is 15.3 Å². The quantitative estimate of drug-likeness (QED) is 0.421. The molecule has 0 amide bonds. The minimum atomic E-state index is -0.693. The summed E-state index contributed by atoms with van der Waals surface area (Å²) in [7, 11) is 0. The minimum Gasteiger partial charge on any atom is -0.481 e. The van der Waals surface area contributed by atoms with Gasteiger partial charge in [-0.3, -0.25) is 4.79 Å². The van der Waals surface area contributed by atoms with Gasteiger partial charge in [-0.15, -0.1) is 0 Å². The Morgan fingerprint density at radius 2 is 1.81 bits per heavy atom. The van der Waals surface area contributed by atoms with Gasteiger partial charge in [0.1, 0.15) is 12.1 Å².